The van der Waals surface area contributed by atoms with Gasteiger partial charge in [-0.1, -0.05) is 0 Å². The molecule has 0 aromatic carbocycles. The Morgan fingerprint density at radius 3 is 2.88 bits per heavy atom. The molecule has 0 radical (unpaired) electrons. The lowest BCUT2D eigenvalue weighted by Crippen LogP contribution is -2.35. The molecule has 17 heavy (non-hydrogen) atoms. The molecule has 92 valence electrons. The summed E-state index contributed by atoms with van der Waals surface area (Å²) in [6.45, 7) is 0.404. The Morgan fingerprint density at radius 2 is 2.29 bits per heavy atom. The second-order valence-electron chi connectivity index (χ2n) is 3.71. The predicted octanol–water partition coefficient (Wildman–Crippen LogP) is 0.392. The van der Waals surface area contributed by atoms with Gasteiger partial charge in [0, 0.05) is 11.1 Å². The molecule has 1 aliphatic rings. The van der Waals surface area contributed by atoms with Crippen LogP contribution in [-0.4, -0.2) is 34.2 Å². The van der Waals surface area contributed by atoms with Crippen molar-refractivity contribution in [1.82, 2.24) is 10.3 Å². The number of nitrogens with one attached hydrogen (secondary N) is 1. The van der Waals surface area contributed by atoms with Gasteiger partial charge in [-0.25, -0.2) is 4.79 Å². The first-order chi connectivity index (χ1) is 8.16. The number of rotatable bonds is 4. The number of carbonyl (C=O) groups is 2. The molecule has 1 fully saturated rings. The van der Waals surface area contributed by atoms with Crippen molar-refractivity contribution in [2.75, 3.05) is 0 Å². The lowest BCUT2D eigenvalue weighted by atomic mass is 10.2. The Labute approximate surface area is 102 Å². The van der Waals surface area contributed by atoms with E-state index < -0.39 is 18.2 Å². The third-order valence-corrected chi connectivity index (χ3v) is 3.29. The molecule has 1 amide bonds. The molecule has 1 aromatic heterocycles. The van der Waals surface area contributed by atoms with E-state index in [1.54, 1.807) is 11.7 Å². The van der Waals surface area contributed by atoms with Crippen LogP contribution in [0.1, 0.15) is 17.7 Å². The van der Waals surface area contributed by atoms with E-state index in [-0.39, 0.29) is 5.91 Å². The first-order valence-electron chi connectivity index (χ1n) is 5.20. The maximum Gasteiger partial charge on any atom is 0.332 e. The van der Waals surface area contributed by atoms with Crippen molar-refractivity contribution in [1.29, 1.82) is 0 Å². The maximum absolute atomic E-state index is 11.7. The zero-order valence-corrected chi connectivity index (χ0v) is 9.77. The SMILES string of the molecule is O=C(O)C1CCC(C(=O)NCc2cncs2)O1. The fraction of sp³-hybridized carbons (Fsp3) is 0.500. The Kier molecular flexibility index (Phi) is 3.70. The van der Waals surface area contributed by atoms with Gasteiger partial charge >= 0.3 is 5.97 Å². The first-order valence-corrected chi connectivity index (χ1v) is 6.08. The standard InChI is InChI=1S/C10H12N2O4S/c13-9(12-4-6-3-11-5-17-6)7-1-2-8(16-7)10(14)15/h3,5,7-8H,1-2,4H2,(H,12,13)(H,14,15). The molecule has 2 heterocycles. The van der Waals surface area contributed by atoms with Crippen molar-refractivity contribution in [2.45, 2.75) is 31.6 Å². The molecule has 6 nitrogen and oxygen atoms in total. The number of ether oxygens (including phenoxy) is 1. The minimum Gasteiger partial charge on any atom is -0.479 e. The Hall–Kier alpha value is -1.47. The van der Waals surface area contributed by atoms with E-state index in [9.17, 15) is 9.59 Å². The molecule has 1 saturated heterocycles. The van der Waals surface area contributed by atoms with Gasteiger partial charge < -0.3 is 15.2 Å². The van der Waals surface area contributed by atoms with E-state index in [0.29, 0.717) is 19.4 Å². The Morgan fingerprint density at radius 1 is 1.53 bits per heavy atom. The van der Waals surface area contributed by atoms with Crippen LogP contribution in [0, 0.1) is 0 Å². The van der Waals surface area contributed by atoms with Gasteiger partial charge in [-0.05, 0) is 12.8 Å². The van der Waals surface area contributed by atoms with E-state index in [0.717, 1.165) is 4.88 Å². The smallest absolute Gasteiger partial charge is 0.332 e. The lowest BCUT2D eigenvalue weighted by molar-refractivity contribution is -0.151. The van der Waals surface area contributed by atoms with Crippen LogP contribution in [-0.2, 0) is 20.9 Å². The monoisotopic (exact) mass is 256 g/mol. The van der Waals surface area contributed by atoms with Crippen molar-refractivity contribution in [3.05, 3.63) is 16.6 Å². The normalized spacial score (nSPS) is 23.5. The van der Waals surface area contributed by atoms with Crippen molar-refractivity contribution < 1.29 is 19.4 Å². The van der Waals surface area contributed by atoms with E-state index >= 15 is 0 Å². The van der Waals surface area contributed by atoms with Crippen LogP contribution >= 0.6 is 11.3 Å². The lowest BCUT2D eigenvalue weighted by Gasteiger charge is -2.10. The summed E-state index contributed by atoms with van der Waals surface area (Å²) >= 11 is 1.45. The van der Waals surface area contributed by atoms with Crippen LogP contribution in [0.15, 0.2) is 11.7 Å². The first kappa shape index (κ1) is 12.0. The molecular formula is C10H12N2O4S. The molecule has 0 bridgehead atoms. The number of aromatic nitrogens is 1. The number of nitrogens with zero attached hydrogens (tertiary/aromatic N) is 1. The molecule has 7 heteroatoms. The van der Waals surface area contributed by atoms with E-state index in [1.807, 2.05) is 0 Å². The van der Waals surface area contributed by atoms with E-state index in [4.69, 9.17) is 9.84 Å². The fourth-order valence-electron chi connectivity index (χ4n) is 1.63. The highest BCUT2D eigenvalue weighted by molar-refractivity contribution is 7.09. The number of carbonyl (C=O) groups excluding carboxylic acids is 1. The number of amides is 1. The molecule has 0 spiro atoms. The molecule has 0 saturated carbocycles. The summed E-state index contributed by atoms with van der Waals surface area (Å²) in [5.41, 5.74) is 1.69. The van der Waals surface area contributed by atoms with Gasteiger partial charge in [-0.3, -0.25) is 9.78 Å². The zero-order valence-electron chi connectivity index (χ0n) is 8.96. The second-order valence-corrected chi connectivity index (χ2v) is 4.69. The molecule has 1 aromatic rings. The van der Waals surface area contributed by atoms with Crippen LogP contribution < -0.4 is 5.32 Å². The molecule has 2 unspecified atom stereocenters. The third kappa shape index (κ3) is 3.01. The summed E-state index contributed by atoms with van der Waals surface area (Å²) < 4.78 is 5.13. The zero-order chi connectivity index (χ0) is 12.3. The maximum atomic E-state index is 11.7. The van der Waals surface area contributed by atoms with Crippen molar-refractivity contribution in [3.63, 3.8) is 0 Å². The summed E-state index contributed by atoms with van der Waals surface area (Å²) in [7, 11) is 0. The van der Waals surface area contributed by atoms with Crippen LogP contribution in [0.25, 0.3) is 0 Å². The van der Waals surface area contributed by atoms with Gasteiger partial charge in [0.25, 0.3) is 0 Å². The number of hydrogen-bond donors (Lipinski definition) is 2. The minimum absolute atomic E-state index is 0.262. The topological polar surface area (TPSA) is 88.5 Å². The van der Waals surface area contributed by atoms with Crippen LogP contribution in [0.5, 0.6) is 0 Å². The van der Waals surface area contributed by atoms with Crippen LogP contribution in [0.3, 0.4) is 0 Å². The minimum atomic E-state index is -1.01. The van der Waals surface area contributed by atoms with Crippen LogP contribution in [0.4, 0.5) is 0 Å². The molecule has 1 aliphatic heterocycles. The Balaban J connectivity index is 1.79. The van der Waals surface area contributed by atoms with Gasteiger partial charge in [-0.15, -0.1) is 11.3 Å². The second kappa shape index (κ2) is 5.24. The molecule has 2 rings (SSSR count). The average Bonchev–Trinajstić information content (AvgIpc) is 2.96. The van der Waals surface area contributed by atoms with Gasteiger partial charge in [0.05, 0.1) is 12.1 Å². The summed E-state index contributed by atoms with van der Waals surface area (Å²) in [4.78, 5) is 27.2. The molecule has 2 atom stereocenters. The molecular weight excluding hydrogens is 244 g/mol. The number of thiazole rings is 1. The summed E-state index contributed by atoms with van der Waals surface area (Å²) in [6.07, 6.45) is 1.01. The van der Waals surface area contributed by atoms with Crippen LogP contribution in [0.2, 0.25) is 0 Å². The molecule has 0 aliphatic carbocycles. The largest absolute Gasteiger partial charge is 0.479 e. The van der Waals surface area contributed by atoms with E-state index in [1.165, 1.54) is 11.3 Å². The predicted molar refractivity (Wildman–Crippen MR) is 59.5 cm³/mol. The highest BCUT2D eigenvalue weighted by Gasteiger charge is 2.34. The number of carboxylic acid groups (broad SMARTS) is 1. The number of hydrogen-bond acceptors (Lipinski definition) is 5. The highest BCUT2D eigenvalue weighted by Crippen LogP contribution is 2.20. The third-order valence-electron chi connectivity index (χ3n) is 2.51. The van der Waals surface area contributed by atoms with Gasteiger partial charge in [-0.2, -0.15) is 0 Å². The summed E-state index contributed by atoms with van der Waals surface area (Å²) in [5.74, 6) is -1.27. The Bertz CT molecular complexity index is 406. The summed E-state index contributed by atoms with van der Waals surface area (Å²) in [6, 6.07) is 0. The summed E-state index contributed by atoms with van der Waals surface area (Å²) in [5, 5.41) is 11.4. The fourth-order valence-corrected chi connectivity index (χ4v) is 2.16. The van der Waals surface area contributed by atoms with Crippen molar-refractivity contribution in [2.24, 2.45) is 0 Å². The van der Waals surface area contributed by atoms with Gasteiger partial charge in [0.1, 0.15) is 6.10 Å². The number of aliphatic carboxylic acids is 1. The molecule has 2 N–H and O–H groups in total. The van der Waals surface area contributed by atoms with Crippen molar-refractivity contribution >= 4 is 23.2 Å². The number of carboxylic acids is 1. The van der Waals surface area contributed by atoms with Gasteiger partial charge in [0.2, 0.25) is 5.91 Å². The highest BCUT2D eigenvalue weighted by atomic mass is 32.1. The van der Waals surface area contributed by atoms with Crippen molar-refractivity contribution in [3.8, 4) is 0 Å². The average molecular weight is 256 g/mol. The van der Waals surface area contributed by atoms with Gasteiger partial charge in [0.15, 0.2) is 6.10 Å². The quantitative estimate of drug-likeness (QED) is 0.813. The van der Waals surface area contributed by atoms with E-state index in [2.05, 4.69) is 10.3 Å².